The lowest BCUT2D eigenvalue weighted by molar-refractivity contribution is -0.161. The Morgan fingerprint density at radius 1 is 0.437 bits per heavy atom. The summed E-state index contributed by atoms with van der Waals surface area (Å²) in [5, 5.41) is 0. The first-order chi connectivity index (χ1) is 34.8. The molecule has 0 amide bonds. The van der Waals surface area contributed by atoms with Crippen LogP contribution in [0.3, 0.4) is 0 Å². The van der Waals surface area contributed by atoms with Crippen LogP contribution in [0.2, 0.25) is 0 Å². The molecule has 0 aromatic carbocycles. The van der Waals surface area contributed by atoms with E-state index >= 15 is 0 Å². The van der Waals surface area contributed by atoms with Crippen molar-refractivity contribution in [2.45, 2.75) is 264 Å². The molecule has 0 radical (unpaired) electrons. The fourth-order valence-corrected chi connectivity index (χ4v) is 8.75. The maximum Gasteiger partial charge on any atom is 0.472 e. The average Bonchev–Trinajstić information content (AvgIpc) is 3.36. The lowest BCUT2D eigenvalue weighted by Crippen LogP contribution is -2.29. The van der Waals surface area contributed by atoms with Crippen molar-refractivity contribution in [2.75, 3.05) is 26.4 Å². The Kier molecular flexibility index (Phi) is 54.2. The van der Waals surface area contributed by atoms with E-state index in [4.69, 9.17) is 24.3 Å². The van der Waals surface area contributed by atoms with Crippen LogP contribution in [0.5, 0.6) is 0 Å². The summed E-state index contributed by atoms with van der Waals surface area (Å²) in [6, 6.07) is 0. The first-order valence-electron chi connectivity index (χ1n) is 29.1. The summed E-state index contributed by atoms with van der Waals surface area (Å²) in [5.41, 5.74) is 5.37. The Morgan fingerprint density at radius 2 is 0.775 bits per heavy atom. The third kappa shape index (κ3) is 56.3. The van der Waals surface area contributed by atoms with Crippen LogP contribution < -0.4 is 5.73 Å². The van der Waals surface area contributed by atoms with E-state index < -0.39 is 26.5 Å². The summed E-state index contributed by atoms with van der Waals surface area (Å²) in [6.07, 6.45) is 73.7. The number of hydrogen-bond donors (Lipinski definition) is 2. The van der Waals surface area contributed by atoms with Gasteiger partial charge >= 0.3 is 19.8 Å². The number of carbonyl (C=O) groups excluding carboxylic acids is 2. The number of phosphoric acid groups is 1. The molecule has 0 aromatic rings. The Hall–Kier alpha value is -2.81. The van der Waals surface area contributed by atoms with Crippen LogP contribution in [0.1, 0.15) is 258 Å². The van der Waals surface area contributed by atoms with Crippen LogP contribution in [-0.4, -0.2) is 49.3 Å². The molecule has 0 aromatic heterocycles. The number of ether oxygens (including phenoxy) is 2. The zero-order chi connectivity index (χ0) is 51.7. The van der Waals surface area contributed by atoms with Gasteiger partial charge in [0.1, 0.15) is 6.61 Å². The van der Waals surface area contributed by atoms with Crippen LogP contribution in [0, 0.1) is 0 Å². The second-order valence-electron chi connectivity index (χ2n) is 19.1. The first-order valence-corrected chi connectivity index (χ1v) is 30.6. The number of hydrogen-bond acceptors (Lipinski definition) is 8. The number of unbranched alkanes of at least 4 members (excludes halogenated alkanes) is 27. The van der Waals surface area contributed by atoms with Crippen molar-refractivity contribution in [1.29, 1.82) is 0 Å². The Labute approximate surface area is 436 Å². The predicted octanol–water partition coefficient (Wildman–Crippen LogP) is 18.3. The summed E-state index contributed by atoms with van der Waals surface area (Å²) in [7, 11) is -4.39. The fraction of sp³-hybridized carbons (Fsp3) is 0.738. The van der Waals surface area contributed by atoms with Crippen molar-refractivity contribution in [3.63, 3.8) is 0 Å². The van der Waals surface area contributed by atoms with E-state index in [0.29, 0.717) is 6.42 Å². The van der Waals surface area contributed by atoms with E-state index in [0.717, 1.165) is 96.3 Å². The van der Waals surface area contributed by atoms with E-state index in [9.17, 15) is 19.0 Å². The minimum absolute atomic E-state index is 0.0511. The zero-order valence-electron chi connectivity index (χ0n) is 45.7. The van der Waals surface area contributed by atoms with Gasteiger partial charge in [-0.15, -0.1) is 0 Å². The van der Waals surface area contributed by atoms with Crippen molar-refractivity contribution in [3.8, 4) is 0 Å². The van der Waals surface area contributed by atoms with Gasteiger partial charge in [-0.25, -0.2) is 4.57 Å². The maximum atomic E-state index is 12.7. The summed E-state index contributed by atoms with van der Waals surface area (Å²) in [6.45, 7) is 3.61. The van der Waals surface area contributed by atoms with Crippen molar-refractivity contribution >= 4 is 19.8 Å². The van der Waals surface area contributed by atoms with Crippen molar-refractivity contribution in [3.05, 3.63) is 85.1 Å². The average molecular weight is 1010 g/mol. The highest BCUT2D eigenvalue weighted by molar-refractivity contribution is 7.47. The van der Waals surface area contributed by atoms with Crippen molar-refractivity contribution in [1.82, 2.24) is 0 Å². The highest BCUT2D eigenvalue weighted by Crippen LogP contribution is 2.43. The van der Waals surface area contributed by atoms with Crippen LogP contribution in [-0.2, 0) is 32.7 Å². The van der Waals surface area contributed by atoms with Gasteiger partial charge in [-0.2, -0.15) is 0 Å². The number of esters is 2. The monoisotopic (exact) mass is 1010 g/mol. The lowest BCUT2D eigenvalue weighted by atomic mass is 10.0. The Bertz CT molecular complexity index is 1440. The quantitative estimate of drug-likeness (QED) is 0.0264. The van der Waals surface area contributed by atoms with Crippen LogP contribution in [0.15, 0.2) is 85.1 Å². The second-order valence-corrected chi connectivity index (χ2v) is 20.6. The molecule has 2 unspecified atom stereocenters. The fourth-order valence-electron chi connectivity index (χ4n) is 7.99. The SMILES string of the molecule is CC/C=C\C/C=C\C/C=C\C/C=C\C/C=C\C/C=C\CCCCCCCCCCCCCCCCCCCCC(=O)OC(COC(=O)CCCCCCC/C=C\CCCCCC)COP(=O)(O)OCCN. The summed E-state index contributed by atoms with van der Waals surface area (Å²) >= 11 is 0. The molecule has 0 fully saturated rings. The van der Waals surface area contributed by atoms with Crippen LogP contribution >= 0.6 is 7.82 Å². The molecular formula is C61H108NO8P. The van der Waals surface area contributed by atoms with Crippen molar-refractivity contribution in [2.24, 2.45) is 5.73 Å². The summed E-state index contributed by atoms with van der Waals surface area (Å²) in [4.78, 5) is 35.1. The molecule has 9 nitrogen and oxygen atoms in total. The van der Waals surface area contributed by atoms with Gasteiger partial charge in [-0.05, 0) is 89.9 Å². The number of phosphoric ester groups is 1. The molecule has 0 heterocycles. The van der Waals surface area contributed by atoms with Gasteiger partial charge in [0.05, 0.1) is 13.2 Å². The van der Waals surface area contributed by atoms with Gasteiger partial charge in [-0.3, -0.25) is 18.6 Å². The second kappa shape index (κ2) is 56.5. The molecule has 71 heavy (non-hydrogen) atoms. The Morgan fingerprint density at radius 3 is 1.17 bits per heavy atom. The van der Waals surface area contributed by atoms with Gasteiger partial charge < -0.3 is 20.1 Å². The highest BCUT2D eigenvalue weighted by Gasteiger charge is 2.26. The van der Waals surface area contributed by atoms with E-state index in [1.807, 2.05) is 0 Å². The topological polar surface area (TPSA) is 134 Å². The van der Waals surface area contributed by atoms with Gasteiger partial charge in [0.15, 0.2) is 6.10 Å². The van der Waals surface area contributed by atoms with Gasteiger partial charge in [0.25, 0.3) is 0 Å². The molecular weight excluding hydrogens is 906 g/mol. The molecule has 0 spiro atoms. The van der Waals surface area contributed by atoms with E-state index in [1.165, 1.54) is 128 Å². The molecule has 0 bridgehead atoms. The third-order valence-electron chi connectivity index (χ3n) is 12.3. The van der Waals surface area contributed by atoms with Gasteiger partial charge in [-0.1, -0.05) is 240 Å². The largest absolute Gasteiger partial charge is 0.472 e. The molecule has 0 aliphatic rings. The van der Waals surface area contributed by atoms with Crippen LogP contribution in [0.4, 0.5) is 0 Å². The molecule has 410 valence electrons. The lowest BCUT2D eigenvalue weighted by Gasteiger charge is -2.19. The summed E-state index contributed by atoms with van der Waals surface area (Å²) < 4.78 is 32.9. The number of carbonyl (C=O) groups is 2. The normalized spacial score (nSPS) is 13.7. The molecule has 0 saturated carbocycles. The smallest absolute Gasteiger partial charge is 0.462 e. The molecule has 2 atom stereocenters. The third-order valence-corrected chi connectivity index (χ3v) is 13.2. The molecule has 0 aliphatic carbocycles. The number of allylic oxidation sites excluding steroid dienone is 14. The van der Waals surface area contributed by atoms with E-state index in [-0.39, 0.29) is 38.6 Å². The minimum atomic E-state index is -4.39. The van der Waals surface area contributed by atoms with E-state index in [2.05, 4.69) is 98.9 Å². The van der Waals surface area contributed by atoms with Crippen LogP contribution in [0.25, 0.3) is 0 Å². The standard InChI is InChI=1S/C61H108NO8P/c1-3-5-7-9-11-13-15-17-18-19-20-21-22-23-24-25-26-27-28-29-30-31-32-33-34-35-36-37-38-39-40-42-44-46-48-50-52-54-61(64)70-59(58-69-71(65,66)68-56-55-62)57-67-60(63)53-51-49-47-45-43-41-16-14-12-10-8-6-4-2/h5,7,11,13-14,16-18,20-21,23-24,26-27,59H,3-4,6,8-10,12,15,19,22,25,28-58,62H2,1-2H3,(H,65,66)/b7-5-,13-11-,16-14-,18-17-,21-20-,24-23-,27-26-. The van der Waals surface area contributed by atoms with Gasteiger partial charge in [0, 0.05) is 19.4 Å². The highest BCUT2D eigenvalue weighted by atomic mass is 31.2. The number of rotatable bonds is 54. The molecule has 10 heteroatoms. The summed E-state index contributed by atoms with van der Waals surface area (Å²) in [5.74, 6) is -0.833. The molecule has 0 saturated heterocycles. The van der Waals surface area contributed by atoms with Crippen molar-refractivity contribution < 1.29 is 37.6 Å². The Balaban J connectivity index is 3.84. The van der Waals surface area contributed by atoms with Gasteiger partial charge in [0.2, 0.25) is 0 Å². The molecule has 0 rings (SSSR count). The maximum absolute atomic E-state index is 12.7. The number of nitrogens with two attached hydrogens (primary N) is 1. The first kappa shape index (κ1) is 68.2. The molecule has 3 N–H and O–H groups in total. The minimum Gasteiger partial charge on any atom is -0.462 e. The molecule has 0 aliphatic heterocycles. The predicted molar refractivity (Wildman–Crippen MR) is 302 cm³/mol. The van der Waals surface area contributed by atoms with E-state index in [1.54, 1.807) is 0 Å². The zero-order valence-corrected chi connectivity index (χ0v) is 46.6.